The number of rotatable bonds is 7. The summed E-state index contributed by atoms with van der Waals surface area (Å²) in [6.45, 7) is 3.13. The van der Waals surface area contributed by atoms with E-state index >= 15 is 0 Å². The van der Waals surface area contributed by atoms with Crippen molar-refractivity contribution in [3.63, 3.8) is 0 Å². The second-order valence-corrected chi connectivity index (χ2v) is 5.47. The molecule has 1 fully saturated rings. The van der Waals surface area contributed by atoms with Gasteiger partial charge in [0.1, 0.15) is 0 Å². The molecule has 1 aromatic carbocycles. The molecule has 0 saturated heterocycles. The van der Waals surface area contributed by atoms with Crippen LogP contribution >= 0.6 is 0 Å². The minimum atomic E-state index is -0.0806. The molecule has 4 heteroatoms. The first-order chi connectivity index (χ1) is 9.67. The minimum Gasteiger partial charge on any atom is -0.493 e. The van der Waals surface area contributed by atoms with Crippen molar-refractivity contribution in [1.29, 1.82) is 0 Å². The Bertz CT molecular complexity index is 430. The molecular weight excluding hydrogens is 254 g/mol. The van der Waals surface area contributed by atoms with Gasteiger partial charge in [0.2, 0.25) is 0 Å². The first kappa shape index (κ1) is 15.1. The van der Waals surface area contributed by atoms with Gasteiger partial charge in [0, 0.05) is 6.04 Å². The van der Waals surface area contributed by atoms with Crippen LogP contribution in [0.5, 0.6) is 11.5 Å². The van der Waals surface area contributed by atoms with Crippen molar-refractivity contribution in [2.75, 3.05) is 20.8 Å². The average molecular weight is 279 g/mol. The Morgan fingerprint density at radius 3 is 2.50 bits per heavy atom. The lowest BCUT2D eigenvalue weighted by molar-refractivity contribution is 0.0417. The summed E-state index contributed by atoms with van der Waals surface area (Å²) in [5.74, 6) is 2.14. The molecule has 1 atom stereocenters. The summed E-state index contributed by atoms with van der Waals surface area (Å²) < 4.78 is 10.6. The third kappa shape index (κ3) is 3.44. The van der Waals surface area contributed by atoms with E-state index in [1.54, 1.807) is 14.2 Å². The van der Waals surface area contributed by atoms with E-state index in [-0.39, 0.29) is 6.10 Å². The number of hydrogen-bond acceptors (Lipinski definition) is 4. The number of benzene rings is 1. The van der Waals surface area contributed by atoms with E-state index in [1.807, 2.05) is 12.1 Å². The molecule has 0 aromatic heterocycles. The van der Waals surface area contributed by atoms with Crippen LogP contribution in [0.4, 0.5) is 0 Å². The van der Waals surface area contributed by atoms with Gasteiger partial charge in [0.25, 0.3) is 0 Å². The molecular formula is C16H25NO3. The van der Waals surface area contributed by atoms with Crippen LogP contribution in [-0.2, 0) is 0 Å². The molecule has 112 valence electrons. The smallest absolute Gasteiger partial charge is 0.161 e. The van der Waals surface area contributed by atoms with Gasteiger partial charge in [-0.1, -0.05) is 13.0 Å². The van der Waals surface area contributed by atoms with Crippen molar-refractivity contribution in [3.05, 3.63) is 23.8 Å². The van der Waals surface area contributed by atoms with Gasteiger partial charge in [0.05, 0.1) is 20.3 Å². The van der Waals surface area contributed by atoms with Crippen LogP contribution in [-0.4, -0.2) is 32.0 Å². The van der Waals surface area contributed by atoms with Gasteiger partial charge >= 0.3 is 0 Å². The number of nitrogens with one attached hydrogen (secondary N) is 1. The minimum absolute atomic E-state index is 0.0806. The largest absolute Gasteiger partial charge is 0.493 e. The Hall–Kier alpha value is -1.26. The normalized spacial score (nSPS) is 23.0. The van der Waals surface area contributed by atoms with E-state index in [0.29, 0.717) is 12.0 Å². The number of aliphatic hydroxyl groups excluding tert-OH is 1. The number of aliphatic hydroxyl groups is 1. The van der Waals surface area contributed by atoms with Crippen LogP contribution in [0.25, 0.3) is 0 Å². The highest BCUT2D eigenvalue weighted by Crippen LogP contribution is 2.32. The molecule has 0 spiro atoms. The molecule has 0 radical (unpaired) electrons. The SMILES string of the molecule is CCC(NCC1CC(O)C1)c1ccc(OC)c(OC)c1. The predicted octanol–water partition coefficient (Wildman–Crippen LogP) is 2.52. The third-order valence-corrected chi connectivity index (χ3v) is 4.08. The fourth-order valence-electron chi connectivity index (χ4n) is 2.74. The van der Waals surface area contributed by atoms with Crippen LogP contribution in [0.15, 0.2) is 18.2 Å². The van der Waals surface area contributed by atoms with Gasteiger partial charge < -0.3 is 19.9 Å². The zero-order chi connectivity index (χ0) is 14.5. The highest BCUT2D eigenvalue weighted by atomic mass is 16.5. The summed E-state index contributed by atoms with van der Waals surface area (Å²) >= 11 is 0. The lowest BCUT2D eigenvalue weighted by Gasteiger charge is -2.33. The van der Waals surface area contributed by atoms with Crippen LogP contribution in [0.1, 0.15) is 37.8 Å². The number of methoxy groups -OCH3 is 2. The average Bonchev–Trinajstić information content (AvgIpc) is 2.45. The van der Waals surface area contributed by atoms with Crippen molar-refractivity contribution in [2.45, 2.75) is 38.3 Å². The summed E-state index contributed by atoms with van der Waals surface area (Å²) in [6.07, 6.45) is 2.79. The molecule has 2 N–H and O–H groups in total. The Kier molecular flexibility index (Phi) is 5.26. The molecule has 0 aliphatic heterocycles. The zero-order valence-electron chi connectivity index (χ0n) is 12.6. The summed E-state index contributed by atoms with van der Waals surface area (Å²) in [5.41, 5.74) is 1.21. The summed E-state index contributed by atoms with van der Waals surface area (Å²) in [5, 5.41) is 12.9. The van der Waals surface area contributed by atoms with E-state index in [2.05, 4.69) is 18.3 Å². The first-order valence-electron chi connectivity index (χ1n) is 7.31. The maximum Gasteiger partial charge on any atom is 0.161 e. The summed E-state index contributed by atoms with van der Waals surface area (Å²) in [4.78, 5) is 0. The Morgan fingerprint density at radius 2 is 1.95 bits per heavy atom. The van der Waals surface area contributed by atoms with E-state index < -0.39 is 0 Å². The van der Waals surface area contributed by atoms with Crippen LogP contribution in [0.2, 0.25) is 0 Å². The van der Waals surface area contributed by atoms with Crippen LogP contribution in [0, 0.1) is 5.92 Å². The van der Waals surface area contributed by atoms with Crippen LogP contribution < -0.4 is 14.8 Å². The van der Waals surface area contributed by atoms with Gasteiger partial charge in [0.15, 0.2) is 11.5 Å². The molecule has 1 aliphatic rings. The van der Waals surface area contributed by atoms with Gasteiger partial charge in [-0.2, -0.15) is 0 Å². The molecule has 0 bridgehead atoms. The van der Waals surface area contributed by atoms with Crippen molar-refractivity contribution in [3.8, 4) is 11.5 Å². The second kappa shape index (κ2) is 6.95. The zero-order valence-corrected chi connectivity index (χ0v) is 12.6. The monoisotopic (exact) mass is 279 g/mol. The topological polar surface area (TPSA) is 50.7 Å². The molecule has 2 rings (SSSR count). The lowest BCUT2D eigenvalue weighted by Crippen LogP contribution is -2.37. The Labute approximate surface area is 121 Å². The van der Waals surface area contributed by atoms with E-state index in [4.69, 9.17) is 9.47 Å². The Balaban J connectivity index is 1.99. The van der Waals surface area contributed by atoms with E-state index in [9.17, 15) is 5.11 Å². The number of ether oxygens (including phenoxy) is 2. The second-order valence-electron chi connectivity index (χ2n) is 5.47. The number of hydrogen-bond donors (Lipinski definition) is 2. The molecule has 1 saturated carbocycles. The molecule has 0 heterocycles. The maximum atomic E-state index is 9.33. The maximum absolute atomic E-state index is 9.33. The highest BCUT2D eigenvalue weighted by molar-refractivity contribution is 5.43. The quantitative estimate of drug-likeness (QED) is 0.805. The first-order valence-corrected chi connectivity index (χ1v) is 7.31. The van der Waals surface area contributed by atoms with Crippen molar-refractivity contribution < 1.29 is 14.6 Å². The fraction of sp³-hybridized carbons (Fsp3) is 0.625. The van der Waals surface area contributed by atoms with Gasteiger partial charge in [-0.05, 0) is 49.4 Å². The Morgan fingerprint density at radius 1 is 1.25 bits per heavy atom. The molecule has 0 amide bonds. The fourth-order valence-corrected chi connectivity index (χ4v) is 2.74. The standard InChI is InChI=1S/C16H25NO3/c1-4-14(17-10-11-7-13(18)8-11)12-5-6-15(19-2)16(9-12)20-3/h5-6,9,11,13-14,17-18H,4,7-8,10H2,1-3H3. The van der Waals surface area contributed by atoms with Crippen molar-refractivity contribution >= 4 is 0 Å². The molecule has 1 unspecified atom stereocenters. The van der Waals surface area contributed by atoms with Gasteiger partial charge in [-0.15, -0.1) is 0 Å². The van der Waals surface area contributed by atoms with Crippen molar-refractivity contribution in [2.24, 2.45) is 5.92 Å². The lowest BCUT2D eigenvalue weighted by atomic mass is 9.82. The highest BCUT2D eigenvalue weighted by Gasteiger charge is 2.27. The molecule has 4 nitrogen and oxygen atoms in total. The molecule has 1 aromatic rings. The van der Waals surface area contributed by atoms with Crippen LogP contribution in [0.3, 0.4) is 0 Å². The molecule has 20 heavy (non-hydrogen) atoms. The summed E-state index contributed by atoms with van der Waals surface area (Å²) in [6, 6.07) is 6.38. The van der Waals surface area contributed by atoms with E-state index in [1.165, 1.54) is 5.56 Å². The van der Waals surface area contributed by atoms with E-state index in [0.717, 1.165) is 37.3 Å². The van der Waals surface area contributed by atoms with Crippen molar-refractivity contribution in [1.82, 2.24) is 5.32 Å². The summed E-state index contributed by atoms with van der Waals surface area (Å²) in [7, 11) is 3.31. The van der Waals surface area contributed by atoms with Gasteiger partial charge in [-0.3, -0.25) is 0 Å². The van der Waals surface area contributed by atoms with Gasteiger partial charge in [-0.25, -0.2) is 0 Å². The third-order valence-electron chi connectivity index (χ3n) is 4.08. The molecule has 1 aliphatic carbocycles. The predicted molar refractivity (Wildman–Crippen MR) is 79.3 cm³/mol.